The molecule has 0 N–H and O–H groups in total. The molecule has 1 spiro atoms. The summed E-state index contributed by atoms with van der Waals surface area (Å²) in [7, 11) is 0. The highest BCUT2D eigenvalue weighted by Crippen LogP contribution is 2.52. The third-order valence-corrected chi connectivity index (χ3v) is 6.27. The van der Waals surface area contributed by atoms with Crippen LogP contribution < -0.4 is 4.74 Å². The number of pyridine rings is 1. The SMILES string of the molecule is c1cc2ncc3c(c2cc1OCc1cn(C2CC4(COC4)C2)nn1)CCOC3. The quantitative estimate of drug-likeness (QED) is 0.695. The van der Waals surface area contributed by atoms with Crippen molar-refractivity contribution in [2.75, 3.05) is 19.8 Å². The summed E-state index contributed by atoms with van der Waals surface area (Å²) in [6.07, 6.45) is 7.14. The number of benzene rings is 1. The van der Waals surface area contributed by atoms with Gasteiger partial charge in [0.25, 0.3) is 0 Å². The Bertz CT molecular complexity index is 1040. The van der Waals surface area contributed by atoms with Gasteiger partial charge in [0.1, 0.15) is 18.1 Å². The van der Waals surface area contributed by atoms with Crippen molar-refractivity contribution in [3.63, 3.8) is 0 Å². The van der Waals surface area contributed by atoms with E-state index < -0.39 is 0 Å². The zero-order valence-electron chi connectivity index (χ0n) is 15.6. The van der Waals surface area contributed by atoms with Crippen molar-refractivity contribution in [3.8, 4) is 5.75 Å². The maximum Gasteiger partial charge on any atom is 0.134 e. The summed E-state index contributed by atoms with van der Waals surface area (Å²) in [5, 5.41) is 9.75. The molecule has 6 rings (SSSR count). The summed E-state index contributed by atoms with van der Waals surface area (Å²) >= 11 is 0. The Kier molecular flexibility index (Phi) is 3.67. The van der Waals surface area contributed by atoms with Gasteiger partial charge in [-0.25, -0.2) is 4.68 Å². The van der Waals surface area contributed by atoms with Gasteiger partial charge >= 0.3 is 0 Å². The van der Waals surface area contributed by atoms with Crippen molar-refractivity contribution in [1.82, 2.24) is 20.0 Å². The number of nitrogens with zero attached hydrogens (tertiary/aromatic N) is 4. The lowest BCUT2D eigenvalue weighted by molar-refractivity contribution is -0.176. The number of hydrogen-bond donors (Lipinski definition) is 0. The fourth-order valence-corrected chi connectivity index (χ4v) is 4.60. The lowest BCUT2D eigenvalue weighted by Gasteiger charge is -2.52. The van der Waals surface area contributed by atoms with Crippen LogP contribution in [0.15, 0.2) is 30.6 Å². The fraction of sp³-hybridized carbons (Fsp3) is 0.476. The van der Waals surface area contributed by atoms with E-state index in [9.17, 15) is 0 Å². The molecular weight excluding hydrogens is 356 g/mol. The molecule has 0 unspecified atom stereocenters. The molecule has 0 amide bonds. The molecule has 28 heavy (non-hydrogen) atoms. The van der Waals surface area contributed by atoms with E-state index in [1.807, 2.05) is 29.2 Å². The number of fused-ring (bicyclic) bond motifs is 3. The molecule has 0 atom stereocenters. The molecule has 144 valence electrons. The second-order valence-corrected chi connectivity index (χ2v) is 8.28. The minimum Gasteiger partial charge on any atom is -0.487 e. The molecule has 1 saturated carbocycles. The van der Waals surface area contributed by atoms with Crippen molar-refractivity contribution in [1.29, 1.82) is 0 Å². The molecule has 7 heteroatoms. The lowest BCUT2D eigenvalue weighted by Crippen LogP contribution is -2.52. The van der Waals surface area contributed by atoms with Gasteiger partial charge in [-0.3, -0.25) is 4.98 Å². The second-order valence-electron chi connectivity index (χ2n) is 8.28. The number of aromatic nitrogens is 4. The molecule has 1 saturated heterocycles. The third-order valence-electron chi connectivity index (χ3n) is 6.27. The first-order valence-electron chi connectivity index (χ1n) is 9.88. The topological polar surface area (TPSA) is 71.3 Å². The van der Waals surface area contributed by atoms with Crippen LogP contribution in [-0.4, -0.2) is 39.8 Å². The van der Waals surface area contributed by atoms with Crippen molar-refractivity contribution in [2.45, 2.75) is 38.5 Å². The van der Waals surface area contributed by atoms with Gasteiger partial charge in [-0.1, -0.05) is 5.21 Å². The van der Waals surface area contributed by atoms with Crippen molar-refractivity contribution in [2.24, 2.45) is 5.41 Å². The zero-order valence-corrected chi connectivity index (χ0v) is 15.6. The minimum absolute atomic E-state index is 0.415. The average Bonchev–Trinajstić information content (AvgIpc) is 3.12. The summed E-state index contributed by atoms with van der Waals surface area (Å²) < 4.78 is 18.9. The van der Waals surface area contributed by atoms with Gasteiger partial charge in [0, 0.05) is 17.0 Å². The highest BCUT2D eigenvalue weighted by Gasteiger charge is 2.50. The Labute approximate surface area is 162 Å². The first-order valence-corrected chi connectivity index (χ1v) is 9.88. The Balaban J connectivity index is 1.16. The molecular formula is C21H22N4O3. The van der Waals surface area contributed by atoms with Crippen LogP contribution >= 0.6 is 0 Å². The molecule has 7 nitrogen and oxygen atoms in total. The number of rotatable bonds is 4. The summed E-state index contributed by atoms with van der Waals surface area (Å²) in [6.45, 7) is 3.62. The molecule has 2 fully saturated rings. The molecule has 4 heterocycles. The van der Waals surface area contributed by atoms with Crippen LogP contribution in [0.25, 0.3) is 10.9 Å². The first kappa shape index (κ1) is 16.4. The summed E-state index contributed by atoms with van der Waals surface area (Å²) in [5.74, 6) is 0.831. The van der Waals surface area contributed by atoms with E-state index in [4.69, 9.17) is 14.2 Å². The fourth-order valence-electron chi connectivity index (χ4n) is 4.60. The Hall–Kier alpha value is -2.51. The number of hydrogen-bond acceptors (Lipinski definition) is 6. The smallest absolute Gasteiger partial charge is 0.134 e. The van der Waals surface area contributed by atoms with Crippen LogP contribution in [0.3, 0.4) is 0 Å². The molecule has 3 aromatic rings. The van der Waals surface area contributed by atoms with Crippen LogP contribution in [-0.2, 0) is 29.1 Å². The van der Waals surface area contributed by atoms with Crippen molar-refractivity contribution < 1.29 is 14.2 Å². The van der Waals surface area contributed by atoms with Gasteiger partial charge in [0.05, 0.1) is 44.2 Å². The van der Waals surface area contributed by atoms with E-state index in [0.29, 0.717) is 24.7 Å². The molecule has 1 aliphatic carbocycles. The predicted octanol–water partition coefficient (Wildman–Crippen LogP) is 2.83. The van der Waals surface area contributed by atoms with E-state index in [2.05, 4.69) is 21.4 Å². The third kappa shape index (κ3) is 2.69. The van der Waals surface area contributed by atoms with E-state index in [-0.39, 0.29) is 0 Å². The van der Waals surface area contributed by atoms with Gasteiger partial charge in [0.2, 0.25) is 0 Å². The highest BCUT2D eigenvalue weighted by atomic mass is 16.5. The average molecular weight is 378 g/mol. The van der Waals surface area contributed by atoms with E-state index >= 15 is 0 Å². The van der Waals surface area contributed by atoms with Gasteiger partial charge in [-0.15, -0.1) is 5.10 Å². The maximum atomic E-state index is 6.01. The Morgan fingerprint density at radius 2 is 2.14 bits per heavy atom. The lowest BCUT2D eigenvalue weighted by atomic mass is 9.64. The van der Waals surface area contributed by atoms with Gasteiger partial charge in [-0.05, 0) is 48.6 Å². The number of ether oxygens (including phenoxy) is 3. The maximum absolute atomic E-state index is 6.01. The minimum atomic E-state index is 0.415. The molecule has 2 aromatic heterocycles. The van der Waals surface area contributed by atoms with Crippen LogP contribution in [0.2, 0.25) is 0 Å². The molecule has 0 radical (unpaired) electrons. The predicted molar refractivity (Wildman–Crippen MR) is 101 cm³/mol. The highest BCUT2D eigenvalue weighted by molar-refractivity contribution is 5.84. The first-order chi connectivity index (χ1) is 13.8. The normalized spacial score (nSPS) is 20.6. The molecule has 1 aromatic carbocycles. The van der Waals surface area contributed by atoms with E-state index in [1.54, 1.807) is 0 Å². The van der Waals surface area contributed by atoms with Crippen LogP contribution in [0.1, 0.15) is 35.7 Å². The standard InChI is InChI=1S/C21H22N4O3/c1-2-20-19(18-3-4-26-10-14(18)8-22-20)5-17(1)28-11-15-9-25(24-23-15)16-6-21(7-16)12-27-13-21/h1-2,5,8-9,16H,3-4,6-7,10-13H2. The summed E-state index contributed by atoms with van der Waals surface area (Å²) in [6, 6.07) is 6.53. The molecule has 3 aliphatic rings. The summed E-state index contributed by atoms with van der Waals surface area (Å²) in [4.78, 5) is 4.55. The largest absolute Gasteiger partial charge is 0.487 e. The Morgan fingerprint density at radius 3 is 3.00 bits per heavy atom. The Morgan fingerprint density at radius 1 is 1.21 bits per heavy atom. The van der Waals surface area contributed by atoms with E-state index in [0.717, 1.165) is 61.4 Å². The van der Waals surface area contributed by atoms with Gasteiger partial charge in [0.15, 0.2) is 0 Å². The van der Waals surface area contributed by atoms with E-state index in [1.165, 1.54) is 11.1 Å². The monoisotopic (exact) mass is 378 g/mol. The second kappa shape index (κ2) is 6.25. The van der Waals surface area contributed by atoms with Crippen molar-refractivity contribution in [3.05, 3.63) is 47.4 Å². The van der Waals surface area contributed by atoms with Gasteiger partial charge in [-0.2, -0.15) is 0 Å². The summed E-state index contributed by atoms with van der Waals surface area (Å²) in [5.41, 5.74) is 4.78. The van der Waals surface area contributed by atoms with Crippen LogP contribution in [0.5, 0.6) is 5.75 Å². The van der Waals surface area contributed by atoms with Crippen molar-refractivity contribution >= 4 is 10.9 Å². The zero-order chi connectivity index (χ0) is 18.6. The van der Waals surface area contributed by atoms with Gasteiger partial charge < -0.3 is 14.2 Å². The molecule has 2 aliphatic heterocycles. The van der Waals surface area contributed by atoms with Crippen LogP contribution in [0.4, 0.5) is 0 Å². The van der Waals surface area contributed by atoms with Crippen LogP contribution in [0, 0.1) is 5.41 Å². The molecule has 0 bridgehead atoms.